The third kappa shape index (κ3) is 3.13. The van der Waals surface area contributed by atoms with Gasteiger partial charge < -0.3 is 0 Å². The number of nitrogens with zero attached hydrogens (tertiary/aromatic N) is 1. The number of aliphatic imine (C=N–C) groups is 1. The Kier molecular flexibility index (Phi) is 4.53. The van der Waals surface area contributed by atoms with Gasteiger partial charge in [0.1, 0.15) is 0 Å². The molecule has 0 radical (unpaired) electrons. The first-order valence-corrected chi connectivity index (χ1v) is 11.3. The lowest BCUT2D eigenvalue weighted by Crippen LogP contribution is -2.15. The molecular weight excluding hydrogens is 374 g/mol. The molecule has 3 aromatic rings. The van der Waals surface area contributed by atoms with E-state index in [9.17, 15) is 0 Å². The van der Waals surface area contributed by atoms with Gasteiger partial charge in [-0.25, -0.2) is 0 Å². The molecule has 0 spiro atoms. The van der Waals surface area contributed by atoms with E-state index < -0.39 is 0 Å². The van der Waals surface area contributed by atoms with Crippen molar-refractivity contribution >= 4 is 11.8 Å². The Balaban J connectivity index is 1.46. The van der Waals surface area contributed by atoms with Gasteiger partial charge in [0.2, 0.25) is 0 Å². The van der Waals surface area contributed by atoms with Gasteiger partial charge in [0.05, 0.1) is 6.04 Å². The monoisotopic (exact) mass is 399 g/mol. The zero-order valence-electron chi connectivity index (χ0n) is 17.6. The van der Waals surface area contributed by atoms with Crippen molar-refractivity contribution in [2.75, 3.05) is 0 Å². The fourth-order valence-corrected chi connectivity index (χ4v) is 5.45. The van der Waals surface area contributed by atoms with Gasteiger partial charge in [-0.3, -0.25) is 4.99 Å². The molecule has 0 saturated heterocycles. The SMILES string of the molecule is C1=CC=NC(C2=CCCc3c2ccc2c3CCc3c(-c4ccccc4)cccc3-2)C=C1. The molecule has 150 valence electrons. The molecule has 3 aromatic carbocycles. The number of benzene rings is 3. The van der Waals surface area contributed by atoms with Gasteiger partial charge in [-0.2, -0.15) is 0 Å². The zero-order valence-corrected chi connectivity index (χ0v) is 17.6. The van der Waals surface area contributed by atoms with Gasteiger partial charge in [-0.1, -0.05) is 85.0 Å². The van der Waals surface area contributed by atoms with E-state index in [-0.39, 0.29) is 6.04 Å². The van der Waals surface area contributed by atoms with Crippen molar-refractivity contribution in [1.29, 1.82) is 0 Å². The van der Waals surface area contributed by atoms with Crippen LogP contribution in [0.5, 0.6) is 0 Å². The largest absolute Gasteiger partial charge is 0.281 e. The second kappa shape index (κ2) is 7.67. The van der Waals surface area contributed by atoms with Gasteiger partial charge in [0, 0.05) is 6.21 Å². The standard InChI is InChI=1S/C30H25N/c1-3-9-21(10-4-1)22-11-7-12-23-25(22)16-17-27-24-13-8-14-29(28(24)19-18-26(23)27)30-15-5-2-6-20-31-30/h1-7,9-12,14-15,18-20,30H,8,13,16-17H2. The van der Waals surface area contributed by atoms with Crippen molar-refractivity contribution in [1.82, 2.24) is 0 Å². The van der Waals surface area contributed by atoms with Gasteiger partial charge in [-0.05, 0) is 81.8 Å². The lowest BCUT2D eigenvalue weighted by molar-refractivity contribution is 0.875. The molecule has 0 bridgehead atoms. The van der Waals surface area contributed by atoms with E-state index in [0.29, 0.717) is 0 Å². The summed E-state index contributed by atoms with van der Waals surface area (Å²) >= 11 is 0. The predicted molar refractivity (Wildman–Crippen MR) is 132 cm³/mol. The van der Waals surface area contributed by atoms with Crippen LogP contribution >= 0.6 is 0 Å². The van der Waals surface area contributed by atoms with Crippen molar-refractivity contribution in [3.63, 3.8) is 0 Å². The molecule has 0 amide bonds. The van der Waals surface area contributed by atoms with Crippen LogP contribution in [0.3, 0.4) is 0 Å². The van der Waals surface area contributed by atoms with E-state index in [0.717, 1.165) is 25.7 Å². The lowest BCUT2D eigenvalue weighted by atomic mass is 9.75. The Hall–Kier alpha value is -3.45. The molecule has 1 atom stereocenters. The molecule has 1 heteroatoms. The average Bonchev–Trinajstić information content (AvgIpc) is 3.13. The molecule has 31 heavy (non-hydrogen) atoms. The van der Waals surface area contributed by atoms with Gasteiger partial charge in [-0.15, -0.1) is 0 Å². The minimum absolute atomic E-state index is 0.118. The first-order chi connectivity index (χ1) is 15.4. The molecule has 0 aromatic heterocycles. The van der Waals surface area contributed by atoms with Gasteiger partial charge in [0.25, 0.3) is 0 Å². The molecule has 1 aliphatic heterocycles. The first-order valence-electron chi connectivity index (χ1n) is 11.3. The highest BCUT2D eigenvalue weighted by molar-refractivity contribution is 5.86. The highest BCUT2D eigenvalue weighted by atomic mass is 14.8. The van der Waals surface area contributed by atoms with Crippen LogP contribution in [0.25, 0.3) is 27.8 Å². The summed E-state index contributed by atoms with van der Waals surface area (Å²) in [5, 5.41) is 0. The lowest BCUT2D eigenvalue weighted by Gasteiger charge is -2.29. The minimum Gasteiger partial charge on any atom is -0.281 e. The number of allylic oxidation sites excluding steroid dienone is 4. The van der Waals surface area contributed by atoms with Crippen LogP contribution in [0.15, 0.2) is 96.0 Å². The molecule has 0 N–H and O–H groups in total. The smallest absolute Gasteiger partial charge is 0.0936 e. The summed E-state index contributed by atoms with van der Waals surface area (Å²) < 4.78 is 0. The second-order valence-electron chi connectivity index (χ2n) is 8.53. The Morgan fingerprint density at radius 2 is 1.39 bits per heavy atom. The highest BCUT2D eigenvalue weighted by Crippen LogP contribution is 2.43. The normalized spacial score (nSPS) is 18.6. The van der Waals surface area contributed by atoms with E-state index in [1.54, 1.807) is 11.1 Å². The fraction of sp³-hybridized carbons (Fsp3) is 0.167. The van der Waals surface area contributed by atoms with Crippen molar-refractivity contribution in [3.05, 3.63) is 113 Å². The van der Waals surface area contributed by atoms with E-state index in [1.807, 2.05) is 12.3 Å². The van der Waals surface area contributed by atoms with Gasteiger partial charge >= 0.3 is 0 Å². The quantitative estimate of drug-likeness (QED) is 0.439. The van der Waals surface area contributed by atoms with Crippen LogP contribution in [-0.4, -0.2) is 12.3 Å². The molecule has 1 heterocycles. The number of fused-ring (bicyclic) bond motifs is 5. The van der Waals surface area contributed by atoms with E-state index >= 15 is 0 Å². The summed E-state index contributed by atoms with van der Waals surface area (Å²) in [4.78, 5) is 4.77. The number of hydrogen-bond donors (Lipinski definition) is 0. The number of rotatable bonds is 2. The number of hydrogen-bond acceptors (Lipinski definition) is 1. The predicted octanol–water partition coefficient (Wildman–Crippen LogP) is 7.01. The molecule has 2 aliphatic carbocycles. The van der Waals surface area contributed by atoms with E-state index in [4.69, 9.17) is 4.99 Å². The Morgan fingerprint density at radius 3 is 2.32 bits per heavy atom. The van der Waals surface area contributed by atoms with Crippen LogP contribution in [0.1, 0.15) is 28.7 Å². The van der Waals surface area contributed by atoms with E-state index in [1.165, 1.54) is 39.0 Å². The second-order valence-corrected chi connectivity index (χ2v) is 8.53. The van der Waals surface area contributed by atoms with Gasteiger partial charge in [0.15, 0.2) is 0 Å². The van der Waals surface area contributed by atoms with Crippen LogP contribution in [0.4, 0.5) is 0 Å². The topological polar surface area (TPSA) is 12.4 Å². The molecule has 0 fully saturated rings. The zero-order chi connectivity index (χ0) is 20.6. The Bertz CT molecular complexity index is 1260. The molecule has 1 unspecified atom stereocenters. The van der Waals surface area contributed by atoms with E-state index in [2.05, 4.69) is 85.0 Å². The summed E-state index contributed by atoms with van der Waals surface area (Å²) in [7, 11) is 0. The summed E-state index contributed by atoms with van der Waals surface area (Å²) in [5.41, 5.74) is 12.9. The fourth-order valence-electron chi connectivity index (χ4n) is 5.45. The maximum Gasteiger partial charge on any atom is 0.0936 e. The summed E-state index contributed by atoms with van der Waals surface area (Å²) in [6, 6.07) is 22.5. The van der Waals surface area contributed by atoms with Crippen molar-refractivity contribution in [2.24, 2.45) is 4.99 Å². The van der Waals surface area contributed by atoms with Crippen molar-refractivity contribution in [3.8, 4) is 22.3 Å². The summed E-state index contributed by atoms with van der Waals surface area (Å²) in [5.74, 6) is 0. The van der Waals surface area contributed by atoms with Crippen molar-refractivity contribution in [2.45, 2.75) is 31.7 Å². The maximum atomic E-state index is 4.77. The van der Waals surface area contributed by atoms with Crippen LogP contribution < -0.4 is 0 Å². The van der Waals surface area contributed by atoms with Crippen LogP contribution in [-0.2, 0) is 19.3 Å². The van der Waals surface area contributed by atoms with Crippen LogP contribution in [0.2, 0.25) is 0 Å². The molecule has 3 aliphatic rings. The molecule has 6 rings (SSSR count). The van der Waals surface area contributed by atoms with Crippen molar-refractivity contribution < 1.29 is 0 Å². The summed E-state index contributed by atoms with van der Waals surface area (Å²) in [6.45, 7) is 0. The third-order valence-electron chi connectivity index (χ3n) is 6.84. The average molecular weight is 400 g/mol. The molecule has 1 nitrogen and oxygen atoms in total. The first kappa shape index (κ1) is 18.3. The van der Waals surface area contributed by atoms with Crippen LogP contribution in [0, 0.1) is 0 Å². The third-order valence-corrected chi connectivity index (χ3v) is 6.84. The molecular formula is C30H25N. The Labute approximate surface area is 184 Å². The maximum absolute atomic E-state index is 4.77. The molecule has 0 saturated carbocycles. The summed E-state index contributed by atoms with van der Waals surface area (Å²) in [6.07, 6.45) is 17.2. The minimum atomic E-state index is 0.118. The Morgan fingerprint density at radius 1 is 0.613 bits per heavy atom. The highest BCUT2D eigenvalue weighted by Gasteiger charge is 2.26.